The molecule has 2 N–H and O–H groups in total. The summed E-state index contributed by atoms with van der Waals surface area (Å²) in [5, 5.41) is 5.67. The van der Waals surface area contributed by atoms with E-state index in [0.717, 1.165) is 5.56 Å². The average molecular weight is 531 g/mol. The Hall–Kier alpha value is -2.96. The van der Waals surface area contributed by atoms with Gasteiger partial charge in [0.05, 0.1) is 12.6 Å². The van der Waals surface area contributed by atoms with Crippen LogP contribution in [0.25, 0.3) is 0 Å². The summed E-state index contributed by atoms with van der Waals surface area (Å²) in [4.78, 5) is 39.5. The van der Waals surface area contributed by atoms with Crippen molar-refractivity contribution in [1.29, 1.82) is 0 Å². The van der Waals surface area contributed by atoms with Crippen LogP contribution in [0.15, 0.2) is 60.7 Å². The molecule has 2 aromatic rings. The molecule has 0 aliphatic carbocycles. The van der Waals surface area contributed by atoms with Crippen molar-refractivity contribution in [1.82, 2.24) is 10.6 Å². The topological polar surface area (TPSA) is 111 Å². The molecule has 0 radical (unpaired) electrons. The zero-order chi connectivity index (χ0) is 27.4. The molecule has 2 amide bonds. The Morgan fingerprint density at radius 1 is 0.811 bits per heavy atom. The van der Waals surface area contributed by atoms with E-state index in [1.807, 2.05) is 58.0 Å². The Balaban J connectivity index is 2.21. The highest BCUT2D eigenvalue weighted by atomic mass is 31.2. The molecule has 0 saturated heterocycles. The Morgan fingerprint density at radius 2 is 1.35 bits per heavy atom. The van der Waals surface area contributed by atoms with Crippen LogP contribution in [-0.2, 0) is 30.0 Å². The van der Waals surface area contributed by atoms with Crippen LogP contribution in [0.2, 0.25) is 0 Å². The summed E-state index contributed by atoms with van der Waals surface area (Å²) >= 11 is 0. The van der Waals surface area contributed by atoms with Crippen molar-refractivity contribution in [2.24, 2.45) is 11.8 Å². The summed E-state index contributed by atoms with van der Waals surface area (Å²) in [6.45, 7) is 9.47. The number of rotatable bonds is 14. The molecule has 8 nitrogen and oxygen atoms in total. The van der Waals surface area contributed by atoms with Crippen LogP contribution in [-0.4, -0.2) is 36.2 Å². The fraction of sp³-hybridized carbons (Fsp3) is 0.464. The van der Waals surface area contributed by atoms with E-state index in [-0.39, 0.29) is 36.8 Å². The van der Waals surface area contributed by atoms with Gasteiger partial charge in [0.2, 0.25) is 11.4 Å². The maximum absolute atomic E-state index is 13.9. The molecule has 202 valence electrons. The fourth-order valence-electron chi connectivity index (χ4n) is 3.85. The molecular weight excluding hydrogens is 491 g/mol. The monoisotopic (exact) mass is 530 g/mol. The van der Waals surface area contributed by atoms with Crippen molar-refractivity contribution in [3.8, 4) is 0 Å². The third-order valence-electron chi connectivity index (χ3n) is 5.55. The van der Waals surface area contributed by atoms with Crippen molar-refractivity contribution < 1.29 is 28.2 Å². The minimum absolute atomic E-state index is 0.0208. The first kappa shape index (κ1) is 30.3. The molecule has 0 saturated carbocycles. The number of carbonyl (C=O) groups excluding carboxylic acids is 3. The van der Waals surface area contributed by atoms with Gasteiger partial charge < -0.3 is 19.9 Å². The number of carbonyl (C=O) groups is 3. The van der Waals surface area contributed by atoms with Gasteiger partial charge in [-0.1, -0.05) is 76.2 Å². The number of amides is 2. The van der Waals surface area contributed by atoms with Crippen molar-refractivity contribution >= 4 is 30.2 Å². The largest absolute Gasteiger partial charge is 0.445 e. The summed E-state index contributed by atoms with van der Waals surface area (Å²) in [5.41, 5.74) is 0.148. The van der Waals surface area contributed by atoms with Gasteiger partial charge in [-0.15, -0.1) is 0 Å². The highest BCUT2D eigenvalue weighted by Gasteiger charge is 2.41. The minimum Gasteiger partial charge on any atom is -0.445 e. The molecule has 0 aliphatic heterocycles. The van der Waals surface area contributed by atoms with Crippen molar-refractivity contribution in [2.45, 2.75) is 66.2 Å². The van der Waals surface area contributed by atoms with Crippen molar-refractivity contribution in [2.75, 3.05) is 6.61 Å². The van der Waals surface area contributed by atoms with Crippen LogP contribution >= 0.6 is 7.37 Å². The van der Waals surface area contributed by atoms with Crippen LogP contribution < -0.4 is 15.9 Å². The average Bonchev–Trinajstić information content (AvgIpc) is 2.87. The van der Waals surface area contributed by atoms with E-state index in [0.29, 0.717) is 6.42 Å². The SMILES string of the molecule is CCOP(=O)(C(=O)[C@H](CC(C)C)NC(=O)[C@H](CC(C)C)NC(=O)OCc1ccccc1)c1ccccc1. The van der Waals surface area contributed by atoms with Crippen molar-refractivity contribution in [3.05, 3.63) is 66.2 Å². The first-order valence-corrected chi connectivity index (χ1v) is 14.3. The molecule has 0 fully saturated rings. The van der Waals surface area contributed by atoms with Crippen LogP contribution in [0.1, 0.15) is 53.0 Å². The number of hydrogen-bond acceptors (Lipinski definition) is 6. The second-order valence-electron chi connectivity index (χ2n) is 9.72. The lowest BCUT2D eigenvalue weighted by Crippen LogP contribution is -2.52. The number of ether oxygens (including phenoxy) is 1. The summed E-state index contributed by atoms with van der Waals surface area (Å²) in [6, 6.07) is 15.5. The number of nitrogens with one attached hydrogen (secondary N) is 2. The molecule has 1 unspecified atom stereocenters. The molecule has 2 aromatic carbocycles. The van der Waals surface area contributed by atoms with Crippen LogP contribution in [0, 0.1) is 11.8 Å². The zero-order valence-corrected chi connectivity index (χ0v) is 23.2. The fourth-order valence-corrected chi connectivity index (χ4v) is 5.89. The number of hydrogen-bond donors (Lipinski definition) is 2. The Kier molecular flexibility index (Phi) is 12.0. The lowest BCUT2D eigenvalue weighted by Gasteiger charge is -2.27. The number of benzene rings is 2. The van der Waals surface area contributed by atoms with E-state index in [2.05, 4.69) is 10.6 Å². The predicted molar refractivity (Wildman–Crippen MR) is 145 cm³/mol. The van der Waals surface area contributed by atoms with Gasteiger partial charge in [-0.3, -0.25) is 14.2 Å². The Labute approximate surface area is 220 Å². The molecule has 37 heavy (non-hydrogen) atoms. The van der Waals surface area contributed by atoms with E-state index >= 15 is 0 Å². The minimum atomic E-state index is -3.93. The Morgan fingerprint density at radius 3 is 1.89 bits per heavy atom. The first-order valence-electron chi connectivity index (χ1n) is 12.7. The molecule has 0 bridgehead atoms. The van der Waals surface area contributed by atoms with Gasteiger partial charge in [-0.05, 0) is 49.3 Å². The summed E-state index contributed by atoms with van der Waals surface area (Å²) < 4.78 is 24.7. The third-order valence-corrected chi connectivity index (χ3v) is 8.04. The van der Waals surface area contributed by atoms with E-state index in [9.17, 15) is 18.9 Å². The smallest absolute Gasteiger partial charge is 0.408 e. The first-order chi connectivity index (χ1) is 17.6. The molecule has 3 atom stereocenters. The summed E-state index contributed by atoms with van der Waals surface area (Å²) in [5.74, 6) is -0.448. The quantitative estimate of drug-likeness (QED) is 0.332. The van der Waals surface area contributed by atoms with Gasteiger partial charge in [0.1, 0.15) is 12.6 Å². The van der Waals surface area contributed by atoms with Gasteiger partial charge in [0, 0.05) is 5.30 Å². The standard InChI is InChI=1S/C28H39N2O6P/c1-6-36-37(34,23-15-11-8-12-16-23)27(32)25(18-21(4)5)29-26(31)24(17-20(2)3)30-28(33)35-19-22-13-9-7-10-14-22/h7-16,20-21,24-25H,6,17-19H2,1-5H3,(H,29,31)(H,30,33)/t24-,25-,37?/m0/s1. The van der Waals surface area contributed by atoms with Crippen molar-refractivity contribution in [3.63, 3.8) is 0 Å². The Bertz CT molecular complexity index is 1060. The van der Waals surface area contributed by atoms with E-state index in [1.54, 1.807) is 37.3 Å². The number of alkyl carbamates (subject to hydrolysis) is 1. The van der Waals surface area contributed by atoms with Gasteiger partial charge >= 0.3 is 6.09 Å². The van der Waals surface area contributed by atoms with Gasteiger partial charge in [-0.25, -0.2) is 4.79 Å². The predicted octanol–water partition coefficient (Wildman–Crippen LogP) is 5.03. The van der Waals surface area contributed by atoms with Gasteiger partial charge in [-0.2, -0.15) is 0 Å². The normalized spacial score (nSPS) is 14.5. The molecule has 0 aliphatic rings. The second kappa shape index (κ2) is 14.7. The zero-order valence-electron chi connectivity index (χ0n) is 22.3. The van der Waals surface area contributed by atoms with Crippen LogP contribution in [0.3, 0.4) is 0 Å². The van der Waals surface area contributed by atoms with E-state index in [4.69, 9.17) is 9.26 Å². The van der Waals surface area contributed by atoms with E-state index < -0.39 is 37.0 Å². The highest BCUT2D eigenvalue weighted by molar-refractivity contribution is 7.83. The summed E-state index contributed by atoms with van der Waals surface area (Å²) in [6.07, 6.45) is -0.140. The molecule has 0 heterocycles. The second-order valence-corrected chi connectivity index (χ2v) is 12.0. The lowest BCUT2D eigenvalue weighted by atomic mass is 10.0. The molecule has 2 rings (SSSR count). The van der Waals surface area contributed by atoms with Crippen LogP contribution in [0.4, 0.5) is 4.79 Å². The van der Waals surface area contributed by atoms with Gasteiger partial charge in [0.15, 0.2) is 0 Å². The van der Waals surface area contributed by atoms with Gasteiger partial charge in [0.25, 0.3) is 7.37 Å². The molecule has 0 spiro atoms. The molecule has 9 heteroatoms. The summed E-state index contributed by atoms with van der Waals surface area (Å²) in [7, 11) is -3.93. The maximum atomic E-state index is 13.9. The highest BCUT2D eigenvalue weighted by Crippen LogP contribution is 2.48. The molecular formula is C28H39N2O6P. The third kappa shape index (κ3) is 9.45. The lowest BCUT2D eigenvalue weighted by molar-refractivity contribution is -0.127. The molecule has 0 aromatic heterocycles. The van der Waals surface area contributed by atoms with E-state index in [1.165, 1.54) is 0 Å². The van der Waals surface area contributed by atoms with Crippen LogP contribution in [0.5, 0.6) is 0 Å². The maximum Gasteiger partial charge on any atom is 0.408 e.